The molecule has 1 aliphatic heterocycles. The predicted octanol–water partition coefficient (Wildman–Crippen LogP) is 2.58. The van der Waals surface area contributed by atoms with E-state index in [4.69, 9.17) is 5.73 Å². The van der Waals surface area contributed by atoms with E-state index in [0.717, 1.165) is 25.5 Å². The molecule has 0 spiro atoms. The van der Waals surface area contributed by atoms with E-state index >= 15 is 0 Å². The molecule has 8 heteroatoms. The van der Waals surface area contributed by atoms with Crippen LogP contribution >= 0.6 is 0 Å². The first-order chi connectivity index (χ1) is 11.9. The van der Waals surface area contributed by atoms with Gasteiger partial charge in [-0.25, -0.2) is 9.97 Å². The normalized spacial score (nSPS) is 18.4. The SMILES string of the molecule is NCc1ccc(-c2cnc(N3CCCC(O)C3)nc2)cc1C(F)(F)F. The van der Waals surface area contributed by atoms with Crippen molar-refractivity contribution in [3.05, 3.63) is 41.7 Å². The summed E-state index contributed by atoms with van der Waals surface area (Å²) >= 11 is 0. The Kier molecular flexibility index (Phi) is 4.91. The first-order valence-electron chi connectivity index (χ1n) is 8.04. The predicted molar refractivity (Wildman–Crippen MR) is 87.8 cm³/mol. The van der Waals surface area contributed by atoms with Crippen LogP contribution in [0.5, 0.6) is 0 Å². The number of piperidine rings is 1. The fourth-order valence-electron chi connectivity index (χ4n) is 2.97. The summed E-state index contributed by atoms with van der Waals surface area (Å²) in [7, 11) is 0. The Morgan fingerprint density at radius 3 is 2.52 bits per heavy atom. The van der Waals surface area contributed by atoms with Crippen LogP contribution in [0, 0.1) is 0 Å². The first kappa shape index (κ1) is 17.6. The zero-order valence-corrected chi connectivity index (χ0v) is 13.5. The minimum absolute atomic E-state index is 0.0519. The number of alkyl halides is 3. The van der Waals surface area contributed by atoms with Gasteiger partial charge >= 0.3 is 6.18 Å². The molecule has 134 valence electrons. The van der Waals surface area contributed by atoms with Crippen molar-refractivity contribution in [3.8, 4) is 11.1 Å². The molecule has 1 aliphatic rings. The van der Waals surface area contributed by atoms with E-state index in [2.05, 4.69) is 9.97 Å². The van der Waals surface area contributed by atoms with Gasteiger partial charge in [0.15, 0.2) is 0 Å². The largest absolute Gasteiger partial charge is 0.416 e. The molecule has 1 aromatic heterocycles. The monoisotopic (exact) mass is 352 g/mol. The molecule has 3 rings (SSSR count). The summed E-state index contributed by atoms with van der Waals surface area (Å²) in [4.78, 5) is 10.4. The van der Waals surface area contributed by atoms with E-state index in [1.165, 1.54) is 18.5 Å². The summed E-state index contributed by atoms with van der Waals surface area (Å²) in [6.45, 7) is 1.03. The molecule has 1 unspecified atom stereocenters. The number of hydrogen-bond acceptors (Lipinski definition) is 5. The second-order valence-corrected chi connectivity index (χ2v) is 6.09. The number of nitrogens with two attached hydrogens (primary N) is 1. The van der Waals surface area contributed by atoms with E-state index in [0.29, 0.717) is 23.6 Å². The Labute approximate surface area is 143 Å². The van der Waals surface area contributed by atoms with E-state index in [9.17, 15) is 18.3 Å². The highest BCUT2D eigenvalue weighted by Gasteiger charge is 2.33. The smallest absolute Gasteiger partial charge is 0.391 e. The maximum Gasteiger partial charge on any atom is 0.416 e. The standard InChI is InChI=1S/C17H19F3N4O/c18-17(19,20)15-6-11(3-4-12(15)7-21)13-8-22-16(23-9-13)24-5-1-2-14(25)10-24/h3-4,6,8-9,14,25H,1-2,5,7,10,21H2. The Morgan fingerprint density at radius 1 is 1.20 bits per heavy atom. The molecular formula is C17H19F3N4O. The third-order valence-corrected chi connectivity index (χ3v) is 4.29. The lowest BCUT2D eigenvalue weighted by Gasteiger charge is -2.29. The zero-order chi connectivity index (χ0) is 18.0. The third-order valence-electron chi connectivity index (χ3n) is 4.29. The van der Waals surface area contributed by atoms with Crippen LogP contribution in [-0.4, -0.2) is 34.3 Å². The van der Waals surface area contributed by atoms with Gasteiger partial charge in [0.2, 0.25) is 5.95 Å². The van der Waals surface area contributed by atoms with Gasteiger partial charge in [-0.2, -0.15) is 13.2 Å². The van der Waals surface area contributed by atoms with Crippen LogP contribution in [0.25, 0.3) is 11.1 Å². The van der Waals surface area contributed by atoms with Crippen LogP contribution in [0.3, 0.4) is 0 Å². The molecule has 0 aliphatic carbocycles. The van der Waals surface area contributed by atoms with Gasteiger partial charge < -0.3 is 15.7 Å². The average molecular weight is 352 g/mol. The second-order valence-electron chi connectivity index (χ2n) is 6.09. The Bertz CT molecular complexity index is 734. The summed E-state index contributed by atoms with van der Waals surface area (Å²) in [6, 6.07) is 4.04. The molecule has 1 saturated heterocycles. The van der Waals surface area contributed by atoms with Gasteiger partial charge in [0.25, 0.3) is 0 Å². The Hall–Kier alpha value is -2.19. The van der Waals surface area contributed by atoms with Crippen LogP contribution in [-0.2, 0) is 12.7 Å². The summed E-state index contributed by atoms with van der Waals surface area (Å²) < 4.78 is 39.5. The zero-order valence-electron chi connectivity index (χ0n) is 13.5. The van der Waals surface area contributed by atoms with Crippen molar-refractivity contribution in [2.75, 3.05) is 18.0 Å². The van der Waals surface area contributed by atoms with Gasteiger partial charge in [-0.05, 0) is 30.0 Å². The number of aliphatic hydroxyl groups is 1. The fourth-order valence-corrected chi connectivity index (χ4v) is 2.97. The number of nitrogens with zero attached hydrogens (tertiary/aromatic N) is 3. The number of hydrogen-bond donors (Lipinski definition) is 2. The molecule has 1 fully saturated rings. The molecule has 0 amide bonds. The average Bonchev–Trinajstić information content (AvgIpc) is 2.60. The van der Waals surface area contributed by atoms with E-state index in [-0.39, 0.29) is 12.1 Å². The lowest BCUT2D eigenvalue weighted by Crippen LogP contribution is -2.39. The molecule has 1 aromatic carbocycles. The number of halogens is 3. The van der Waals surface area contributed by atoms with E-state index in [1.807, 2.05) is 4.90 Å². The van der Waals surface area contributed by atoms with Crippen molar-refractivity contribution in [3.63, 3.8) is 0 Å². The van der Waals surface area contributed by atoms with Gasteiger partial charge in [0.1, 0.15) is 0 Å². The summed E-state index contributed by atoms with van der Waals surface area (Å²) in [5, 5.41) is 9.72. The highest BCUT2D eigenvalue weighted by Crippen LogP contribution is 2.34. The van der Waals surface area contributed by atoms with Crippen molar-refractivity contribution < 1.29 is 18.3 Å². The van der Waals surface area contributed by atoms with Crippen molar-refractivity contribution in [1.82, 2.24) is 9.97 Å². The lowest BCUT2D eigenvalue weighted by molar-refractivity contribution is -0.138. The van der Waals surface area contributed by atoms with E-state index in [1.54, 1.807) is 6.07 Å². The number of rotatable bonds is 3. The maximum atomic E-state index is 13.2. The highest BCUT2D eigenvalue weighted by molar-refractivity contribution is 5.64. The minimum Gasteiger partial charge on any atom is -0.391 e. The van der Waals surface area contributed by atoms with Gasteiger partial charge in [0.05, 0.1) is 11.7 Å². The van der Waals surface area contributed by atoms with Crippen LogP contribution in [0.4, 0.5) is 19.1 Å². The molecule has 0 radical (unpaired) electrons. The van der Waals surface area contributed by atoms with Gasteiger partial charge in [-0.1, -0.05) is 12.1 Å². The molecule has 2 aromatic rings. The topological polar surface area (TPSA) is 75.3 Å². The number of β-amino-alcohol motifs (C(OH)–C–C–N with tert-alkyl or cyclic N) is 1. The molecule has 3 N–H and O–H groups in total. The number of anilines is 1. The molecule has 0 bridgehead atoms. The van der Waals surface area contributed by atoms with Gasteiger partial charge in [0, 0.05) is 37.6 Å². The number of benzene rings is 1. The lowest BCUT2D eigenvalue weighted by atomic mass is 10.0. The molecule has 25 heavy (non-hydrogen) atoms. The second kappa shape index (κ2) is 6.97. The first-order valence-corrected chi connectivity index (χ1v) is 8.04. The Balaban J connectivity index is 1.87. The molecule has 0 saturated carbocycles. The Morgan fingerprint density at radius 2 is 1.92 bits per heavy atom. The molecule has 5 nitrogen and oxygen atoms in total. The van der Waals surface area contributed by atoms with Crippen molar-refractivity contribution in [2.45, 2.75) is 31.7 Å². The maximum absolute atomic E-state index is 13.2. The van der Waals surface area contributed by atoms with Gasteiger partial charge in [-0.3, -0.25) is 0 Å². The highest BCUT2D eigenvalue weighted by atomic mass is 19.4. The fraction of sp³-hybridized carbons (Fsp3) is 0.412. The van der Waals surface area contributed by atoms with Crippen LogP contribution < -0.4 is 10.6 Å². The van der Waals surface area contributed by atoms with E-state index < -0.39 is 17.8 Å². The van der Waals surface area contributed by atoms with Crippen LogP contribution in [0.1, 0.15) is 24.0 Å². The van der Waals surface area contributed by atoms with Crippen molar-refractivity contribution in [2.24, 2.45) is 5.73 Å². The molecular weight excluding hydrogens is 333 g/mol. The third kappa shape index (κ3) is 3.91. The van der Waals surface area contributed by atoms with Crippen molar-refractivity contribution >= 4 is 5.95 Å². The molecule has 1 atom stereocenters. The molecule has 2 heterocycles. The quantitative estimate of drug-likeness (QED) is 0.888. The van der Waals surface area contributed by atoms with Crippen LogP contribution in [0.2, 0.25) is 0 Å². The van der Waals surface area contributed by atoms with Crippen LogP contribution in [0.15, 0.2) is 30.6 Å². The number of aromatic nitrogens is 2. The summed E-state index contributed by atoms with van der Waals surface area (Å²) in [6.07, 6.45) is -0.267. The number of aliphatic hydroxyl groups excluding tert-OH is 1. The summed E-state index contributed by atoms with van der Waals surface area (Å²) in [5.74, 6) is 0.470. The van der Waals surface area contributed by atoms with Crippen molar-refractivity contribution in [1.29, 1.82) is 0 Å². The van der Waals surface area contributed by atoms with Gasteiger partial charge in [-0.15, -0.1) is 0 Å². The summed E-state index contributed by atoms with van der Waals surface area (Å²) in [5.41, 5.74) is 5.59. The minimum atomic E-state index is -4.46.